The van der Waals surface area contributed by atoms with Gasteiger partial charge in [-0.1, -0.05) is 55.1 Å². The fourth-order valence-corrected chi connectivity index (χ4v) is 5.76. The van der Waals surface area contributed by atoms with Gasteiger partial charge in [0.25, 0.3) is 5.91 Å². The molecular weight excluding hydrogens is 496 g/mol. The molecule has 2 aromatic heterocycles. The Kier molecular flexibility index (Phi) is 7.52. The number of aromatic nitrogens is 2. The van der Waals surface area contributed by atoms with Crippen LogP contribution in [0.15, 0.2) is 79.1 Å². The summed E-state index contributed by atoms with van der Waals surface area (Å²) in [5, 5.41) is 7.86. The molecule has 1 saturated carbocycles. The summed E-state index contributed by atoms with van der Waals surface area (Å²) < 4.78 is 0. The topological polar surface area (TPSA) is 86.9 Å². The summed E-state index contributed by atoms with van der Waals surface area (Å²) in [6.07, 6.45) is 9.42. The Balaban J connectivity index is 1.42. The summed E-state index contributed by atoms with van der Waals surface area (Å²) in [4.78, 5) is 35.2. The molecule has 0 unspecified atom stereocenters. The van der Waals surface area contributed by atoms with Crippen molar-refractivity contribution >= 4 is 34.3 Å². The van der Waals surface area contributed by atoms with Gasteiger partial charge < -0.3 is 15.6 Å². The largest absolute Gasteiger partial charge is 0.361 e. The molecule has 0 bridgehead atoms. The van der Waals surface area contributed by atoms with E-state index in [0.29, 0.717) is 23.6 Å². The number of halogens is 1. The Morgan fingerprint density at radius 1 is 1.00 bits per heavy atom. The lowest BCUT2D eigenvalue weighted by atomic mass is 9.71. The highest BCUT2D eigenvalue weighted by Crippen LogP contribution is 2.38. The van der Waals surface area contributed by atoms with Crippen LogP contribution in [0.1, 0.15) is 60.6 Å². The number of hydrogen-bond acceptors (Lipinski definition) is 3. The Labute approximate surface area is 228 Å². The van der Waals surface area contributed by atoms with Gasteiger partial charge >= 0.3 is 0 Å². The molecule has 6 nitrogen and oxygen atoms in total. The van der Waals surface area contributed by atoms with E-state index in [-0.39, 0.29) is 17.2 Å². The van der Waals surface area contributed by atoms with Gasteiger partial charge in [-0.05, 0) is 67.8 Å². The van der Waals surface area contributed by atoms with E-state index in [1.807, 2.05) is 48.8 Å². The number of nitrogens with zero attached hydrogens (tertiary/aromatic N) is 1. The van der Waals surface area contributed by atoms with Gasteiger partial charge in [0.1, 0.15) is 5.54 Å². The molecule has 1 atom stereocenters. The molecule has 5 rings (SSSR count). The molecule has 0 saturated heterocycles. The number of aromatic amines is 1. The van der Waals surface area contributed by atoms with Gasteiger partial charge in [0, 0.05) is 58.0 Å². The third kappa shape index (κ3) is 5.46. The lowest BCUT2D eigenvalue weighted by Crippen LogP contribution is -2.59. The van der Waals surface area contributed by atoms with E-state index in [1.54, 1.807) is 31.2 Å². The van der Waals surface area contributed by atoms with Crippen LogP contribution >= 0.6 is 11.6 Å². The van der Waals surface area contributed by atoms with Crippen LogP contribution in [0.25, 0.3) is 10.9 Å². The smallest absolute Gasteiger partial charge is 0.252 e. The zero-order valence-electron chi connectivity index (χ0n) is 21.6. The highest BCUT2D eigenvalue weighted by atomic mass is 35.5. The number of pyridine rings is 1. The number of nitrogens with one attached hydrogen (secondary N) is 3. The standard InChI is InChI=1S/C31H33ClN4O2/c1-30(36-28(37)22-12-14-24(32)15-13-22,19-23-20-34-26-10-4-3-9-25(23)26)29(38)35-21-31(16-6-2-7-17-31)27-11-5-8-18-33-27/h3-5,8-15,18,20,34H,2,6-7,16-17,19,21H2,1H3,(H,35,38)(H,36,37)/t30-/m0/s1. The van der Waals surface area contributed by atoms with E-state index in [0.717, 1.165) is 47.8 Å². The van der Waals surface area contributed by atoms with Crippen LogP contribution in [-0.4, -0.2) is 33.9 Å². The molecule has 1 aliphatic rings. The third-order valence-corrected chi connectivity index (χ3v) is 8.07. The van der Waals surface area contributed by atoms with Crippen molar-refractivity contribution in [1.29, 1.82) is 0 Å². The minimum Gasteiger partial charge on any atom is -0.361 e. The molecule has 2 heterocycles. The number of amides is 2. The minimum atomic E-state index is -1.19. The maximum absolute atomic E-state index is 14.0. The van der Waals surface area contributed by atoms with Crippen LogP contribution in [0.4, 0.5) is 0 Å². The summed E-state index contributed by atoms with van der Waals surface area (Å²) >= 11 is 6.02. The Morgan fingerprint density at radius 3 is 2.47 bits per heavy atom. The third-order valence-electron chi connectivity index (χ3n) is 7.82. The second-order valence-electron chi connectivity index (χ2n) is 10.6. The number of H-pyrrole nitrogens is 1. The van der Waals surface area contributed by atoms with E-state index in [9.17, 15) is 9.59 Å². The van der Waals surface area contributed by atoms with Crippen LogP contribution < -0.4 is 10.6 Å². The van der Waals surface area contributed by atoms with Crippen molar-refractivity contribution in [2.24, 2.45) is 0 Å². The quantitative estimate of drug-likeness (QED) is 0.263. The van der Waals surface area contributed by atoms with Crippen molar-refractivity contribution in [1.82, 2.24) is 20.6 Å². The van der Waals surface area contributed by atoms with E-state index in [2.05, 4.69) is 26.7 Å². The summed E-state index contributed by atoms with van der Waals surface area (Å²) in [6, 6.07) is 20.6. The first-order valence-electron chi connectivity index (χ1n) is 13.2. The predicted octanol–water partition coefficient (Wildman–Crippen LogP) is 5.97. The number of benzene rings is 2. The van der Waals surface area contributed by atoms with Crippen molar-refractivity contribution in [2.75, 3.05) is 6.54 Å². The monoisotopic (exact) mass is 528 g/mol. The molecule has 2 amide bonds. The van der Waals surface area contributed by atoms with E-state index < -0.39 is 5.54 Å². The van der Waals surface area contributed by atoms with Gasteiger partial charge in [0.15, 0.2) is 0 Å². The lowest BCUT2D eigenvalue weighted by Gasteiger charge is -2.38. The average Bonchev–Trinajstić information content (AvgIpc) is 3.35. The van der Waals surface area contributed by atoms with Crippen LogP contribution in [0.2, 0.25) is 5.02 Å². The number of hydrogen-bond donors (Lipinski definition) is 3. The first-order valence-corrected chi connectivity index (χ1v) is 13.6. The molecule has 0 aliphatic heterocycles. The molecule has 3 N–H and O–H groups in total. The van der Waals surface area contributed by atoms with Gasteiger partial charge in [-0.15, -0.1) is 0 Å². The van der Waals surface area contributed by atoms with Crippen molar-refractivity contribution in [3.63, 3.8) is 0 Å². The average molecular weight is 529 g/mol. The molecule has 196 valence electrons. The fourth-order valence-electron chi connectivity index (χ4n) is 5.64. The van der Waals surface area contributed by atoms with Crippen LogP contribution in [0, 0.1) is 0 Å². The summed E-state index contributed by atoms with van der Waals surface area (Å²) in [6.45, 7) is 2.27. The number of fused-ring (bicyclic) bond motifs is 1. The maximum Gasteiger partial charge on any atom is 0.252 e. The Morgan fingerprint density at radius 2 is 1.74 bits per heavy atom. The summed E-state index contributed by atoms with van der Waals surface area (Å²) in [5.41, 5.74) is 2.02. The molecule has 7 heteroatoms. The first-order chi connectivity index (χ1) is 18.4. The maximum atomic E-state index is 14.0. The highest BCUT2D eigenvalue weighted by molar-refractivity contribution is 6.30. The van der Waals surface area contributed by atoms with Gasteiger partial charge in [-0.2, -0.15) is 0 Å². The number of para-hydroxylation sites is 1. The number of rotatable bonds is 8. The molecule has 0 spiro atoms. The van der Waals surface area contributed by atoms with Crippen molar-refractivity contribution in [3.8, 4) is 0 Å². The number of carbonyl (C=O) groups excluding carboxylic acids is 2. The second kappa shape index (κ2) is 11.0. The Hall–Kier alpha value is -3.64. The van der Waals surface area contributed by atoms with Crippen LogP contribution in [-0.2, 0) is 16.6 Å². The summed E-state index contributed by atoms with van der Waals surface area (Å²) in [7, 11) is 0. The lowest BCUT2D eigenvalue weighted by molar-refractivity contribution is -0.127. The highest BCUT2D eigenvalue weighted by Gasteiger charge is 2.40. The molecule has 1 aliphatic carbocycles. The van der Waals surface area contributed by atoms with Crippen LogP contribution in [0.3, 0.4) is 0 Å². The van der Waals surface area contributed by atoms with E-state index >= 15 is 0 Å². The number of carbonyl (C=O) groups is 2. The first kappa shape index (κ1) is 26.0. The van der Waals surface area contributed by atoms with Gasteiger partial charge in [-0.3, -0.25) is 14.6 Å². The fraction of sp³-hybridized carbons (Fsp3) is 0.323. The SMILES string of the molecule is C[C@@](Cc1c[nH]c2ccccc12)(NC(=O)c1ccc(Cl)cc1)C(=O)NCC1(c2ccccn2)CCCCC1. The molecule has 4 aromatic rings. The molecule has 2 aromatic carbocycles. The Bertz CT molecular complexity index is 1410. The van der Waals surface area contributed by atoms with E-state index in [4.69, 9.17) is 11.6 Å². The normalized spacial score (nSPS) is 16.5. The van der Waals surface area contributed by atoms with Crippen molar-refractivity contribution < 1.29 is 9.59 Å². The van der Waals surface area contributed by atoms with Crippen molar-refractivity contribution in [2.45, 2.75) is 56.4 Å². The second-order valence-corrected chi connectivity index (χ2v) is 11.0. The van der Waals surface area contributed by atoms with Gasteiger partial charge in [0.2, 0.25) is 5.91 Å². The molecule has 0 radical (unpaired) electrons. The summed E-state index contributed by atoms with van der Waals surface area (Å²) in [5.74, 6) is -0.540. The molecular formula is C31H33ClN4O2. The van der Waals surface area contributed by atoms with Gasteiger partial charge in [-0.25, -0.2) is 0 Å². The predicted molar refractivity (Wildman–Crippen MR) is 151 cm³/mol. The zero-order chi connectivity index (χ0) is 26.6. The molecule has 1 fully saturated rings. The van der Waals surface area contributed by atoms with E-state index in [1.165, 1.54) is 6.42 Å². The minimum absolute atomic E-state index is 0.211. The van der Waals surface area contributed by atoms with Crippen molar-refractivity contribution in [3.05, 3.63) is 101 Å². The van der Waals surface area contributed by atoms with Gasteiger partial charge in [0.05, 0.1) is 0 Å². The molecule has 38 heavy (non-hydrogen) atoms. The zero-order valence-corrected chi connectivity index (χ0v) is 22.4. The van der Waals surface area contributed by atoms with Crippen LogP contribution in [0.5, 0.6) is 0 Å².